The predicted molar refractivity (Wildman–Crippen MR) is 107 cm³/mol. The first kappa shape index (κ1) is 18.4. The second kappa shape index (κ2) is 7.20. The lowest BCUT2D eigenvalue weighted by atomic mass is 10.1. The molecule has 2 aromatic carbocycles. The van der Waals surface area contributed by atoms with Gasteiger partial charge in [0.15, 0.2) is 5.69 Å². The van der Waals surface area contributed by atoms with Gasteiger partial charge in [0.25, 0.3) is 11.5 Å². The summed E-state index contributed by atoms with van der Waals surface area (Å²) in [5, 5.41) is 5.58. The Morgan fingerprint density at radius 3 is 2.46 bits per heavy atom. The van der Waals surface area contributed by atoms with E-state index in [0.717, 1.165) is 5.56 Å². The van der Waals surface area contributed by atoms with Crippen LogP contribution in [0.4, 0.5) is 0 Å². The molecule has 144 valence electrons. The third-order valence-electron chi connectivity index (χ3n) is 4.96. The Kier molecular flexibility index (Phi) is 4.73. The number of nitrogens with zero attached hydrogens (tertiary/aromatic N) is 3. The Bertz CT molecular complexity index is 1070. The van der Waals surface area contributed by atoms with Gasteiger partial charge in [-0.15, -0.1) is 0 Å². The number of carbonyl (C=O) groups excluding carboxylic acids is 1. The minimum absolute atomic E-state index is 0.172. The van der Waals surface area contributed by atoms with Gasteiger partial charge in [-0.2, -0.15) is 5.10 Å². The normalized spacial score (nSPS) is 16.3. The molecule has 0 aliphatic carbocycles. The van der Waals surface area contributed by atoms with Crippen LogP contribution in [0.1, 0.15) is 29.9 Å². The van der Waals surface area contributed by atoms with E-state index in [-0.39, 0.29) is 11.5 Å². The van der Waals surface area contributed by atoms with E-state index in [1.54, 1.807) is 17.0 Å². The summed E-state index contributed by atoms with van der Waals surface area (Å²) in [6.45, 7) is 5.73. The van der Waals surface area contributed by atoms with Gasteiger partial charge < -0.3 is 9.64 Å². The first-order valence-electron chi connectivity index (χ1n) is 9.42. The van der Waals surface area contributed by atoms with Crippen molar-refractivity contribution in [2.75, 3.05) is 19.7 Å². The Hall–Kier alpha value is -2.99. The number of hydrogen-bond donors (Lipinski definition) is 0. The van der Waals surface area contributed by atoms with Crippen LogP contribution in [-0.4, -0.2) is 45.9 Å². The fourth-order valence-corrected chi connectivity index (χ4v) is 3.60. The first-order valence-corrected chi connectivity index (χ1v) is 9.42. The van der Waals surface area contributed by atoms with Crippen molar-refractivity contribution in [2.24, 2.45) is 0 Å². The van der Waals surface area contributed by atoms with Gasteiger partial charge in [-0.05, 0) is 25.5 Å². The third kappa shape index (κ3) is 3.55. The van der Waals surface area contributed by atoms with Gasteiger partial charge in [-0.3, -0.25) is 9.59 Å². The average molecular weight is 377 g/mol. The molecule has 0 bridgehead atoms. The maximum Gasteiger partial charge on any atom is 0.275 e. The number of ether oxygens (including phenoxy) is 1. The lowest BCUT2D eigenvalue weighted by molar-refractivity contribution is -0.0765. The van der Waals surface area contributed by atoms with Crippen molar-refractivity contribution in [1.82, 2.24) is 14.7 Å². The van der Waals surface area contributed by atoms with Crippen LogP contribution < -0.4 is 5.56 Å². The molecule has 1 aliphatic heterocycles. The van der Waals surface area contributed by atoms with E-state index in [9.17, 15) is 9.59 Å². The Labute approximate surface area is 163 Å². The SMILES string of the molecule is CC1(C)CN(C(=O)c2nn(Cc3ccccc3)c(=O)c3ccccc23)CCO1. The van der Waals surface area contributed by atoms with Gasteiger partial charge in [-0.25, -0.2) is 4.68 Å². The molecule has 6 nitrogen and oxygen atoms in total. The number of hydrogen-bond acceptors (Lipinski definition) is 4. The average Bonchev–Trinajstić information content (AvgIpc) is 2.70. The van der Waals surface area contributed by atoms with Gasteiger partial charge in [0, 0.05) is 18.5 Å². The smallest absolute Gasteiger partial charge is 0.275 e. The summed E-state index contributed by atoms with van der Waals surface area (Å²) in [7, 11) is 0. The molecule has 0 saturated carbocycles. The Balaban J connectivity index is 1.80. The molecule has 0 N–H and O–H groups in total. The van der Waals surface area contributed by atoms with Gasteiger partial charge in [0.2, 0.25) is 0 Å². The summed E-state index contributed by atoms with van der Waals surface area (Å²) in [5.74, 6) is -0.172. The third-order valence-corrected chi connectivity index (χ3v) is 4.96. The van der Waals surface area contributed by atoms with Crippen molar-refractivity contribution in [1.29, 1.82) is 0 Å². The van der Waals surface area contributed by atoms with Crippen LogP contribution in [0.3, 0.4) is 0 Å². The lowest BCUT2D eigenvalue weighted by Crippen LogP contribution is -2.51. The highest BCUT2D eigenvalue weighted by Gasteiger charge is 2.32. The second-order valence-electron chi connectivity index (χ2n) is 7.68. The van der Waals surface area contributed by atoms with E-state index in [1.807, 2.05) is 56.3 Å². The maximum atomic E-state index is 13.3. The Morgan fingerprint density at radius 2 is 1.75 bits per heavy atom. The van der Waals surface area contributed by atoms with Crippen LogP contribution in [0.5, 0.6) is 0 Å². The molecule has 4 rings (SSSR count). The van der Waals surface area contributed by atoms with Gasteiger partial charge in [-0.1, -0.05) is 48.5 Å². The summed E-state index contributed by atoms with van der Waals surface area (Å²) in [6.07, 6.45) is 0. The zero-order valence-corrected chi connectivity index (χ0v) is 16.1. The van der Waals surface area contributed by atoms with E-state index in [2.05, 4.69) is 5.10 Å². The van der Waals surface area contributed by atoms with Crippen LogP contribution in [0, 0.1) is 0 Å². The minimum atomic E-state index is -0.401. The molecule has 6 heteroatoms. The van der Waals surface area contributed by atoms with Crippen LogP contribution in [0.25, 0.3) is 10.8 Å². The lowest BCUT2D eigenvalue weighted by Gasteiger charge is -2.38. The summed E-state index contributed by atoms with van der Waals surface area (Å²) < 4.78 is 7.11. The summed E-state index contributed by atoms with van der Waals surface area (Å²) >= 11 is 0. The minimum Gasteiger partial charge on any atom is -0.372 e. The van der Waals surface area contributed by atoms with Crippen LogP contribution in [0.15, 0.2) is 59.4 Å². The molecular formula is C22H23N3O3. The molecule has 1 saturated heterocycles. The van der Waals surface area contributed by atoms with Crippen molar-refractivity contribution >= 4 is 16.7 Å². The standard InChI is InChI=1S/C22H23N3O3/c1-22(2)15-24(12-13-28-22)21(27)19-17-10-6-7-11-18(17)20(26)25(23-19)14-16-8-4-3-5-9-16/h3-11H,12-15H2,1-2H3. The number of rotatable bonds is 3. The fourth-order valence-electron chi connectivity index (χ4n) is 3.60. The number of fused-ring (bicyclic) bond motifs is 1. The van der Waals surface area contributed by atoms with E-state index in [0.29, 0.717) is 42.7 Å². The van der Waals surface area contributed by atoms with Gasteiger partial charge >= 0.3 is 0 Å². The molecule has 0 radical (unpaired) electrons. The van der Waals surface area contributed by atoms with Crippen LogP contribution in [-0.2, 0) is 11.3 Å². The largest absolute Gasteiger partial charge is 0.372 e. The molecule has 1 amide bonds. The van der Waals surface area contributed by atoms with Crippen molar-refractivity contribution < 1.29 is 9.53 Å². The summed E-state index contributed by atoms with van der Waals surface area (Å²) in [6, 6.07) is 16.8. The van der Waals surface area contributed by atoms with Crippen LogP contribution >= 0.6 is 0 Å². The Morgan fingerprint density at radius 1 is 1.07 bits per heavy atom. The zero-order valence-electron chi connectivity index (χ0n) is 16.1. The van der Waals surface area contributed by atoms with Crippen molar-refractivity contribution in [2.45, 2.75) is 26.0 Å². The van der Waals surface area contributed by atoms with E-state index >= 15 is 0 Å². The number of morpholine rings is 1. The molecule has 2 heterocycles. The van der Waals surface area contributed by atoms with E-state index in [4.69, 9.17) is 4.74 Å². The molecule has 0 spiro atoms. The van der Waals surface area contributed by atoms with Crippen molar-refractivity contribution in [3.8, 4) is 0 Å². The summed E-state index contributed by atoms with van der Waals surface area (Å²) in [5.41, 5.74) is 0.669. The van der Waals surface area contributed by atoms with Crippen LogP contribution in [0.2, 0.25) is 0 Å². The van der Waals surface area contributed by atoms with E-state index < -0.39 is 5.60 Å². The maximum absolute atomic E-state index is 13.3. The predicted octanol–water partition coefficient (Wildman–Crippen LogP) is 2.70. The second-order valence-corrected chi connectivity index (χ2v) is 7.68. The molecule has 0 atom stereocenters. The molecule has 0 unspecified atom stereocenters. The molecular weight excluding hydrogens is 354 g/mol. The number of carbonyl (C=O) groups is 1. The molecule has 1 aliphatic rings. The highest BCUT2D eigenvalue weighted by Crippen LogP contribution is 2.21. The topological polar surface area (TPSA) is 64.4 Å². The highest BCUT2D eigenvalue weighted by atomic mass is 16.5. The number of benzene rings is 2. The molecule has 1 aromatic heterocycles. The van der Waals surface area contributed by atoms with Crippen molar-refractivity contribution in [3.63, 3.8) is 0 Å². The van der Waals surface area contributed by atoms with Crippen molar-refractivity contribution in [3.05, 3.63) is 76.2 Å². The monoisotopic (exact) mass is 377 g/mol. The van der Waals surface area contributed by atoms with Gasteiger partial charge in [0.1, 0.15) is 0 Å². The summed E-state index contributed by atoms with van der Waals surface area (Å²) in [4.78, 5) is 28.0. The van der Waals surface area contributed by atoms with Gasteiger partial charge in [0.05, 0.1) is 24.1 Å². The zero-order chi connectivity index (χ0) is 19.7. The number of aromatic nitrogens is 2. The molecule has 1 fully saturated rings. The first-order chi connectivity index (χ1) is 13.4. The number of amides is 1. The highest BCUT2D eigenvalue weighted by molar-refractivity contribution is 6.04. The fraction of sp³-hybridized carbons (Fsp3) is 0.318. The van der Waals surface area contributed by atoms with E-state index in [1.165, 1.54) is 4.68 Å². The molecule has 3 aromatic rings. The quantitative estimate of drug-likeness (QED) is 0.704. The molecule has 28 heavy (non-hydrogen) atoms.